The minimum Gasteiger partial charge on any atom is -0.481 e. The van der Waals surface area contributed by atoms with E-state index in [1.54, 1.807) is 18.2 Å². The molecule has 0 bridgehead atoms. The molecule has 0 aliphatic heterocycles. The van der Waals surface area contributed by atoms with Gasteiger partial charge in [0, 0.05) is 23.6 Å². The molecule has 0 fully saturated rings. The normalized spacial score (nSPS) is 10.2. The van der Waals surface area contributed by atoms with Crippen molar-refractivity contribution in [3.63, 3.8) is 0 Å². The zero-order chi connectivity index (χ0) is 21.7. The Bertz CT molecular complexity index is 738. The van der Waals surface area contributed by atoms with Crippen molar-refractivity contribution >= 4 is 51.0 Å². The number of hydrogen-bond donors (Lipinski definition) is 3. The molecule has 154 valence electrons. The number of amides is 1. The van der Waals surface area contributed by atoms with Crippen LogP contribution in [0, 0.1) is 12.3 Å². The molecular formula is C16H15ClF3NO5S2. The van der Waals surface area contributed by atoms with E-state index in [-0.39, 0.29) is 12.3 Å². The Labute approximate surface area is 171 Å². The highest BCUT2D eigenvalue weighted by molar-refractivity contribution is 8.76. The molecule has 0 aromatic heterocycles. The number of terminal acetylenes is 1. The van der Waals surface area contributed by atoms with E-state index < -0.39 is 18.1 Å². The summed E-state index contributed by atoms with van der Waals surface area (Å²) < 4.78 is 31.7. The molecule has 0 atom stereocenters. The van der Waals surface area contributed by atoms with Gasteiger partial charge in [-0.15, -0.1) is 6.42 Å². The number of halogens is 4. The second-order valence-electron chi connectivity index (χ2n) is 4.69. The smallest absolute Gasteiger partial charge is 0.481 e. The molecular weight excluding hydrogens is 443 g/mol. The Kier molecular flexibility index (Phi) is 12.2. The maximum absolute atomic E-state index is 12.0. The number of nitrogens with one attached hydrogen (secondary N) is 1. The average Bonchev–Trinajstić information content (AvgIpc) is 2.60. The standard InChI is InChI=1S/C14H14ClNO3S2.C2HF3O2/c1-2-10-3-4-12(15)11(9-10)14(19)16-6-8-21-20-7-5-13(17)18;3-2(4,5)1(6)7/h1,3-4,9H,5-8H2,(H,16,19)(H,17,18);(H,6,7). The second-order valence-corrected chi connectivity index (χ2v) is 7.79. The zero-order valence-corrected chi connectivity index (χ0v) is 16.5. The van der Waals surface area contributed by atoms with Crippen LogP contribution in [0.5, 0.6) is 0 Å². The van der Waals surface area contributed by atoms with Gasteiger partial charge in [0.05, 0.1) is 17.0 Å². The lowest BCUT2D eigenvalue weighted by Crippen LogP contribution is -2.26. The average molecular weight is 458 g/mol. The van der Waals surface area contributed by atoms with E-state index in [9.17, 15) is 22.8 Å². The summed E-state index contributed by atoms with van der Waals surface area (Å²) in [4.78, 5) is 31.2. The first kappa shape index (κ1) is 26.0. The van der Waals surface area contributed by atoms with Crippen LogP contribution in [0.3, 0.4) is 0 Å². The fourth-order valence-electron chi connectivity index (χ4n) is 1.34. The van der Waals surface area contributed by atoms with Gasteiger partial charge in [-0.2, -0.15) is 13.2 Å². The fraction of sp³-hybridized carbons (Fsp3) is 0.312. The van der Waals surface area contributed by atoms with E-state index in [0.29, 0.717) is 34.2 Å². The summed E-state index contributed by atoms with van der Waals surface area (Å²) in [6.07, 6.45) is 0.340. The maximum atomic E-state index is 12.0. The minimum atomic E-state index is -5.08. The third-order valence-corrected chi connectivity index (χ3v) is 5.31. The van der Waals surface area contributed by atoms with Crippen molar-refractivity contribution < 1.29 is 37.8 Å². The van der Waals surface area contributed by atoms with Crippen molar-refractivity contribution in [2.24, 2.45) is 0 Å². The molecule has 3 N–H and O–H groups in total. The topological polar surface area (TPSA) is 104 Å². The van der Waals surface area contributed by atoms with Gasteiger partial charge in [0.25, 0.3) is 5.91 Å². The van der Waals surface area contributed by atoms with E-state index >= 15 is 0 Å². The molecule has 28 heavy (non-hydrogen) atoms. The number of benzene rings is 1. The number of alkyl halides is 3. The van der Waals surface area contributed by atoms with Crippen LogP contribution in [-0.4, -0.2) is 52.3 Å². The summed E-state index contributed by atoms with van der Waals surface area (Å²) in [6, 6.07) is 4.85. The minimum absolute atomic E-state index is 0.137. The zero-order valence-electron chi connectivity index (χ0n) is 14.1. The molecule has 1 aromatic carbocycles. The first-order valence-corrected chi connectivity index (χ1v) is 10.2. The third kappa shape index (κ3) is 11.6. The largest absolute Gasteiger partial charge is 0.490 e. The summed E-state index contributed by atoms with van der Waals surface area (Å²) in [5, 5.41) is 18.7. The van der Waals surface area contributed by atoms with E-state index in [0.717, 1.165) is 0 Å². The Hall–Kier alpha value is -2.03. The number of carbonyl (C=O) groups excluding carboxylic acids is 1. The molecule has 1 amide bonds. The quantitative estimate of drug-likeness (QED) is 0.311. The Morgan fingerprint density at radius 1 is 1.18 bits per heavy atom. The van der Waals surface area contributed by atoms with Crippen LogP contribution < -0.4 is 5.32 Å². The van der Waals surface area contributed by atoms with Crippen LogP contribution in [0.4, 0.5) is 13.2 Å². The number of rotatable bonds is 8. The predicted octanol–water partition coefficient (Wildman–Crippen LogP) is 3.54. The van der Waals surface area contributed by atoms with Crippen LogP contribution >= 0.6 is 33.2 Å². The van der Waals surface area contributed by atoms with Crippen LogP contribution in [0.2, 0.25) is 5.02 Å². The van der Waals surface area contributed by atoms with Gasteiger partial charge < -0.3 is 15.5 Å². The van der Waals surface area contributed by atoms with Crippen molar-refractivity contribution in [1.29, 1.82) is 0 Å². The van der Waals surface area contributed by atoms with Crippen molar-refractivity contribution in [2.75, 3.05) is 18.1 Å². The van der Waals surface area contributed by atoms with E-state index in [1.165, 1.54) is 21.6 Å². The van der Waals surface area contributed by atoms with Gasteiger partial charge in [-0.25, -0.2) is 4.79 Å². The molecule has 0 heterocycles. The summed E-state index contributed by atoms with van der Waals surface area (Å²) >= 11 is 5.96. The number of hydrogen-bond acceptors (Lipinski definition) is 5. The number of carboxylic acid groups (broad SMARTS) is 2. The Balaban J connectivity index is 0.000000887. The highest BCUT2D eigenvalue weighted by atomic mass is 35.5. The Morgan fingerprint density at radius 3 is 2.25 bits per heavy atom. The van der Waals surface area contributed by atoms with Gasteiger partial charge in [-0.1, -0.05) is 39.1 Å². The number of carbonyl (C=O) groups is 3. The van der Waals surface area contributed by atoms with Crippen molar-refractivity contribution in [2.45, 2.75) is 12.6 Å². The lowest BCUT2D eigenvalue weighted by atomic mass is 10.1. The first-order valence-electron chi connectivity index (χ1n) is 7.29. The molecule has 0 aliphatic carbocycles. The van der Waals surface area contributed by atoms with Gasteiger partial charge in [-0.3, -0.25) is 9.59 Å². The van der Waals surface area contributed by atoms with Crippen LogP contribution in [0.25, 0.3) is 0 Å². The molecule has 1 rings (SSSR count). The molecule has 6 nitrogen and oxygen atoms in total. The van der Waals surface area contributed by atoms with Crippen LogP contribution in [0.1, 0.15) is 22.3 Å². The highest BCUT2D eigenvalue weighted by Gasteiger charge is 2.38. The van der Waals surface area contributed by atoms with Gasteiger partial charge in [0.1, 0.15) is 0 Å². The van der Waals surface area contributed by atoms with Gasteiger partial charge in [0.2, 0.25) is 0 Å². The lowest BCUT2D eigenvalue weighted by Gasteiger charge is -2.07. The summed E-state index contributed by atoms with van der Waals surface area (Å²) in [7, 11) is 2.99. The summed E-state index contributed by atoms with van der Waals surface area (Å²) in [5.74, 6) is -0.150. The van der Waals surface area contributed by atoms with Gasteiger partial charge in [0.15, 0.2) is 0 Å². The third-order valence-electron chi connectivity index (χ3n) is 2.57. The molecule has 12 heteroatoms. The molecule has 0 saturated carbocycles. The monoisotopic (exact) mass is 457 g/mol. The van der Waals surface area contributed by atoms with Crippen molar-refractivity contribution in [3.05, 3.63) is 34.3 Å². The van der Waals surface area contributed by atoms with Gasteiger partial charge in [-0.05, 0) is 18.2 Å². The fourth-order valence-corrected chi connectivity index (χ4v) is 3.43. The summed E-state index contributed by atoms with van der Waals surface area (Å²) in [5.41, 5.74) is 0.957. The maximum Gasteiger partial charge on any atom is 0.490 e. The molecule has 0 aliphatic rings. The van der Waals surface area contributed by atoms with E-state index in [4.69, 9.17) is 33.0 Å². The number of aliphatic carboxylic acids is 2. The first-order chi connectivity index (χ1) is 13.0. The van der Waals surface area contributed by atoms with E-state index in [2.05, 4.69) is 11.2 Å². The molecule has 1 aromatic rings. The van der Waals surface area contributed by atoms with E-state index in [1.807, 2.05) is 0 Å². The molecule has 0 radical (unpaired) electrons. The molecule has 0 spiro atoms. The van der Waals surface area contributed by atoms with Gasteiger partial charge >= 0.3 is 18.1 Å². The summed E-state index contributed by atoms with van der Waals surface area (Å²) in [6.45, 7) is 0.472. The second kappa shape index (κ2) is 13.2. The number of carboxylic acids is 2. The lowest BCUT2D eigenvalue weighted by molar-refractivity contribution is -0.192. The molecule has 0 saturated heterocycles. The van der Waals surface area contributed by atoms with Crippen molar-refractivity contribution in [1.82, 2.24) is 5.32 Å². The SMILES string of the molecule is C#Cc1ccc(Cl)c(C(=O)NCCSSCCC(=O)O)c1.O=C(O)C(F)(F)F. The highest BCUT2D eigenvalue weighted by Crippen LogP contribution is 2.21. The predicted molar refractivity (Wildman–Crippen MR) is 103 cm³/mol. The van der Waals surface area contributed by atoms with Crippen LogP contribution in [-0.2, 0) is 9.59 Å². The molecule has 0 unspecified atom stereocenters. The Morgan fingerprint density at radius 2 is 1.75 bits per heavy atom. The van der Waals surface area contributed by atoms with Crippen molar-refractivity contribution in [3.8, 4) is 12.3 Å². The van der Waals surface area contributed by atoms with Crippen LogP contribution in [0.15, 0.2) is 18.2 Å².